The third-order valence-corrected chi connectivity index (χ3v) is 6.56. The number of carbonyl (C=O) groups excluding carboxylic acids is 2. The zero-order valence-corrected chi connectivity index (χ0v) is 15.7. The topological polar surface area (TPSA) is 49.4 Å². The highest BCUT2D eigenvalue weighted by Crippen LogP contribution is 2.56. The molecule has 0 saturated carbocycles. The number of benzene rings is 2. The van der Waals surface area contributed by atoms with Gasteiger partial charge in [-0.25, -0.2) is 4.39 Å². The van der Waals surface area contributed by atoms with Crippen LogP contribution < -0.4 is 5.32 Å². The first-order chi connectivity index (χ1) is 12.3. The van der Waals surface area contributed by atoms with Gasteiger partial charge < -0.3 is 10.2 Å². The van der Waals surface area contributed by atoms with Crippen molar-refractivity contribution in [3.63, 3.8) is 0 Å². The lowest BCUT2D eigenvalue weighted by Crippen LogP contribution is -2.50. The molecule has 4 rings (SSSR count). The van der Waals surface area contributed by atoms with E-state index in [0.717, 1.165) is 5.56 Å². The van der Waals surface area contributed by atoms with Gasteiger partial charge in [-0.2, -0.15) is 0 Å². The summed E-state index contributed by atoms with van der Waals surface area (Å²) in [5, 5.41) is 2.53. The highest BCUT2D eigenvalue weighted by atomic mass is 35.5. The molecule has 134 valence electrons. The zero-order valence-electron chi connectivity index (χ0n) is 14.1. The molecule has 4 nitrogen and oxygen atoms in total. The number of halogens is 2. The lowest BCUT2D eigenvalue weighted by Gasteiger charge is -2.29. The van der Waals surface area contributed by atoms with E-state index in [4.69, 9.17) is 11.6 Å². The second-order valence-corrected chi connectivity index (χ2v) is 9.04. The van der Waals surface area contributed by atoms with Crippen LogP contribution in [0.15, 0.2) is 42.5 Å². The van der Waals surface area contributed by atoms with Gasteiger partial charge in [0, 0.05) is 16.0 Å². The lowest BCUT2D eigenvalue weighted by molar-refractivity contribution is -0.121. The van der Waals surface area contributed by atoms with Crippen LogP contribution in [0.25, 0.3) is 0 Å². The van der Waals surface area contributed by atoms with Gasteiger partial charge in [0.15, 0.2) is 0 Å². The van der Waals surface area contributed by atoms with Gasteiger partial charge in [-0.15, -0.1) is 11.8 Å². The third kappa shape index (κ3) is 2.59. The molecular formula is C19H16ClFN2O2S. The van der Waals surface area contributed by atoms with Crippen LogP contribution in [0.5, 0.6) is 0 Å². The molecule has 2 unspecified atom stereocenters. The molecule has 2 aromatic rings. The molecule has 0 bridgehead atoms. The SMILES string of the molecule is CC1(C)SC2c3ccccc3C(=O)N2C1C(=O)Nc1ccc(F)c(Cl)c1. The van der Waals surface area contributed by atoms with Gasteiger partial charge in [0.2, 0.25) is 5.91 Å². The summed E-state index contributed by atoms with van der Waals surface area (Å²) < 4.78 is 12.9. The molecule has 7 heteroatoms. The van der Waals surface area contributed by atoms with Gasteiger partial charge in [-0.1, -0.05) is 29.8 Å². The Bertz CT molecular complexity index is 934. The summed E-state index contributed by atoms with van der Waals surface area (Å²) in [6.45, 7) is 3.90. The second-order valence-electron chi connectivity index (χ2n) is 6.89. The molecule has 1 N–H and O–H groups in total. The largest absolute Gasteiger partial charge is 0.324 e. The molecular weight excluding hydrogens is 375 g/mol. The zero-order chi connectivity index (χ0) is 18.6. The van der Waals surface area contributed by atoms with Crippen LogP contribution in [0.4, 0.5) is 10.1 Å². The van der Waals surface area contributed by atoms with Crippen molar-refractivity contribution in [1.82, 2.24) is 4.90 Å². The number of rotatable bonds is 2. The van der Waals surface area contributed by atoms with Gasteiger partial charge in [0.05, 0.1) is 5.02 Å². The number of anilines is 1. The Balaban J connectivity index is 1.66. The van der Waals surface area contributed by atoms with Gasteiger partial charge in [0.1, 0.15) is 17.2 Å². The number of amides is 2. The number of fused-ring (bicyclic) bond motifs is 3. The van der Waals surface area contributed by atoms with Gasteiger partial charge in [-0.3, -0.25) is 9.59 Å². The van der Waals surface area contributed by atoms with Crippen molar-refractivity contribution in [2.45, 2.75) is 30.0 Å². The van der Waals surface area contributed by atoms with Crippen molar-refractivity contribution < 1.29 is 14.0 Å². The quantitative estimate of drug-likeness (QED) is 0.823. The van der Waals surface area contributed by atoms with Crippen molar-refractivity contribution in [2.24, 2.45) is 0 Å². The van der Waals surface area contributed by atoms with Gasteiger partial charge in [0.25, 0.3) is 5.91 Å². The number of carbonyl (C=O) groups is 2. The minimum absolute atomic E-state index is 0.0645. The van der Waals surface area contributed by atoms with Crippen molar-refractivity contribution in [1.29, 1.82) is 0 Å². The van der Waals surface area contributed by atoms with Crippen molar-refractivity contribution in [3.8, 4) is 0 Å². The molecule has 0 spiro atoms. The van der Waals surface area contributed by atoms with Crippen LogP contribution in [0.2, 0.25) is 5.02 Å². The Labute approximate surface area is 159 Å². The first-order valence-electron chi connectivity index (χ1n) is 8.15. The minimum atomic E-state index is -0.652. The Kier molecular flexibility index (Phi) is 4.00. The van der Waals surface area contributed by atoms with Crippen molar-refractivity contribution in [3.05, 3.63) is 64.4 Å². The van der Waals surface area contributed by atoms with E-state index >= 15 is 0 Å². The van der Waals surface area contributed by atoms with E-state index in [1.54, 1.807) is 22.7 Å². The summed E-state index contributed by atoms with van der Waals surface area (Å²) in [7, 11) is 0. The van der Waals surface area contributed by atoms with E-state index < -0.39 is 16.6 Å². The minimum Gasteiger partial charge on any atom is -0.324 e. The molecule has 2 aliphatic rings. The van der Waals surface area contributed by atoms with Crippen molar-refractivity contribution in [2.75, 3.05) is 5.32 Å². The first kappa shape index (κ1) is 17.4. The molecule has 2 atom stereocenters. The molecule has 26 heavy (non-hydrogen) atoms. The van der Waals surface area contributed by atoms with Crippen LogP contribution >= 0.6 is 23.4 Å². The van der Waals surface area contributed by atoms with E-state index in [1.807, 2.05) is 32.0 Å². The summed E-state index contributed by atoms with van der Waals surface area (Å²) in [6.07, 6.45) is 0. The maximum absolute atomic E-state index is 13.3. The van der Waals surface area contributed by atoms with E-state index in [2.05, 4.69) is 5.32 Å². The molecule has 1 fully saturated rings. The fourth-order valence-electron chi connectivity index (χ4n) is 3.59. The maximum atomic E-state index is 13.3. The molecule has 0 radical (unpaired) electrons. The van der Waals surface area contributed by atoms with Gasteiger partial charge in [-0.05, 0) is 43.7 Å². The monoisotopic (exact) mass is 390 g/mol. The predicted octanol–water partition coefficient (Wildman–Crippen LogP) is 4.47. The normalized spacial score (nSPS) is 22.9. The van der Waals surface area contributed by atoms with Crippen molar-refractivity contribution >= 4 is 40.9 Å². The summed E-state index contributed by atoms with van der Waals surface area (Å²) >= 11 is 7.39. The van der Waals surface area contributed by atoms with Crippen LogP contribution in [0.3, 0.4) is 0 Å². The Morgan fingerprint density at radius 2 is 2.00 bits per heavy atom. The summed E-state index contributed by atoms with van der Waals surface area (Å²) in [5.74, 6) is -0.999. The highest BCUT2D eigenvalue weighted by Gasteiger charge is 2.57. The third-order valence-electron chi connectivity index (χ3n) is 4.73. The van der Waals surface area contributed by atoms with E-state index in [9.17, 15) is 14.0 Å². The summed E-state index contributed by atoms with van der Waals surface area (Å²) in [6, 6.07) is 10.8. The van der Waals surface area contributed by atoms with Gasteiger partial charge >= 0.3 is 0 Å². The molecule has 2 aliphatic heterocycles. The summed E-state index contributed by atoms with van der Waals surface area (Å²) in [5.41, 5.74) is 1.98. The van der Waals surface area contributed by atoms with Crippen LogP contribution in [0, 0.1) is 5.82 Å². The smallest absolute Gasteiger partial charge is 0.256 e. The molecule has 2 amide bonds. The second kappa shape index (κ2) is 5.99. The fourth-order valence-corrected chi connectivity index (χ4v) is 5.36. The van der Waals surface area contributed by atoms with E-state index in [0.29, 0.717) is 11.3 Å². The molecule has 0 aromatic heterocycles. The summed E-state index contributed by atoms with van der Waals surface area (Å²) in [4.78, 5) is 27.6. The molecule has 2 aromatic carbocycles. The predicted molar refractivity (Wildman–Crippen MR) is 101 cm³/mol. The Hall–Kier alpha value is -2.05. The maximum Gasteiger partial charge on any atom is 0.256 e. The average molecular weight is 391 g/mol. The molecule has 1 saturated heterocycles. The Morgan fingerprint density at radius 1 is 1.27 bits per heavy atom. The van der Waals surface area contributed by atoms with E-state index in [1.165, 1.54) is 18.2 Å². The van der Waals surface area contributed by atoms with Crippen LogP contribution in [0.1, 0.15) is 35.1 Å². The average Bonchev–Trinajstić information content (AvgIpc) is 3.01. The fraction of sp³-hybridized carbons (Fsp3) is 0.263. The highest BCUT2D eigenvalue weighted by molar-refractivity contribution is 8.01. The molecule has 0 aliphatic carbocycles. The molecule has 2 heterocycles. The first-order valence-corrected chi connectivity index (χ1v) is 9.41. The van der Waals surface area contributed by atoms with E-state index in [-0.39, 0.29) is 22.2 Å². The van der Waals surface area contributed by atoms with Crippen LogP contribution in [-0.2, 0) is 4.79 Å². The number of hydrogen-bond acceptors (Lipinski definition) is 3. The Morgan fingerprint density at radius 3 is 2.73 bits per heavy atom. The standard InChI is InChI=1S/C19H16ClFN2O2S/c1-19(2)15(16(24)22-10-7-8-14(21)13(20)9-10)23-17(25)11-5-3-4-6-12(11)18(23)26-19/h3-9,15,18H,1-2H3,(H,22,24). The van der Waals surface area contributed by atoms with Crippen LogP contribution in [-0.4, -0.2) is 27.5 Å². The lowest BCUT2D eigenvalue weighted by atomic mass is 10.0. The number of hydrogen-bond donors (Lipinski definition) is 1. The number of nitrogens with one attached hydrogen (secondary N) is 1. The number of thioether (sulfide) groups is 1. The number of nitrogens with zero attached hydrogens (tertiary/aromatic N) is 1.